The molecular weight excluding hydrogens is 260 g/mol. The lowest BCUT2D eigenvalue weighted by atomic mass is 10.7. The Morgan fingerprint density at radius 1 is 0.824 bits per heavy atom. The van der Waals surface area contributed by atoms with Gasteiger partial charge in [-0.25, -0.2) is 31.3 Å². The molecule has 3 unspecified atom stereocenters. The van der Waals surface area contributed by atoms with Crippen LogP contribution in [-0.4, -0.2) is 19.1 Å². The van der Waals surface area contributed by atoms with Gasteiger partial charge in [0.25, 0.3) is 0 Å². The fourth-order valence-corrected chi connectivity index (χ4v) is 1.72. The zero-order valence-corrected chi connectivity index (χ0v) is 9.69. The number of phosphoric ester groups is 1. The molecular formula is C9H12F3O4P. The second-order valence-corrected chi connectivity index (χ2v) is 4.05. The highest BCUT2D eigenvalue weighted by Gasteiger charge is 2.35. The minimum Gasteiger partial charge on any atom is -0.248 e. The SMILES string of the molecule is C=CC(F)OP(=O)(OC(F)C=C)OC(F)C=C. The van der Waals surface area contributed by atoms with Crippen molar-refractivity contribution in [3.8, 4) is 0 Å². The minimum absolute atomic E-state index is 0.599. The van der Waals surface area contributed by atoms with Gasteiger partial charge in [-0.15, -0.1) is 0 Å². The first-order valence-electron chi connectivity index (χ1n) is 4.32. The Hall–Kier alpha value is -0.880. The van der Waals surface area contributed by atoms with Gasteiger partial charge in [0, 0.05) is 0 Å². The van der Waals surface area contributed by atoms with Gasteiger partial charge >= 0.3 is 7.82 Å². The molecule has 0 aromatic rings. The summed E-state index contributed by atoms with van der Waals surface area (Å²) in [4.78, 5) is 0. The summed E-state index contributed by atoms with van der Waals surface area (Å²) in [5.74, 6) is 0. The van der Waals surface area contributed by atoms with Gasteiger partial charge in [0.2, 0.25) is 19.1 Å². The van der Waals surface area contributed by atoms with Crippen molar-refractivity contribution in [2.24, 2.45) is 0 Å². The Kier molecular flexibility index (Phi) is 7.06. The highest BCUT2D eigenvalue weighted by molar-refractivity contribution is 7.48. The lowest BCUT2D eigenvalue weighted by Crippen LogP contribution is -2.12. The van der Waals surface area contributed by atoms with E-state index >= 15 is 0 Å². The average molecular weight is 272 g/mol. The van der Waals surface area contributed by atoms with Crippen LogP contribution in [0.25, 0.3) is 0 Å². The predicted molar refractivity (Wildman–Crippen MR) is 56.1 cm³/mol. The van der Waals surface area contributed by atoms with Crippen LogP contribution in [0, 0.1) is 0 Å². The van der Waals surface area contributed by atoms with Crippen LogP contribution in [0.1, 0.15) is 0 Å². The maximum Gasteiger partial charge on any atom is 0.483 e. The second-order valence-electron chi connectivity index (χ2n) is 2.52. The van der Waals surface area contributed by atoms with Crippen molar-refractivity contribution in [3.05, 3.63) is 38.0 Å². The van der Waals surface area contributed by atoms with Gasteiger partial charge in [-0.2, -0.15) is 0 Å². The highest BCUT2D eigenvalue weighted by atomic mass is 31.2. The van der Waals surface area contributed by atoms with Crippen LogP contribution in [0.15, 0.2) is 38.0 Å². The van der Waals surface area contributed by atoms with Gasteiger partial charge in [-0.3, -0.25) is 0 Å². The third-order valence-corrected chi connectivity index (χ3v) is 2.62. The smallest absolute Gasteiger partial charge is 0.248 e. The molecule has 0 aliphatic carbocycles. The van der Waals surface area contributed by atoms with Gasteiger partial charge in [0.15, 0.2) is 0 Å². The zero-order valence-electron chi connectivity index (χ0n) is 8.80. The van der Waals surface area contributed by atoms with Gasteiger partial charge in [-0.05, 0) is 18.2 Å². The van der Waals surface area contributed by atoms with Crippen LogP contribution in [0.2, 0.25) is 0 Å². The lowest BCUT2D eigenvalue weighted by molar-refractivity contribution is -0.0245. The summed E-state index contributed by atoms with van der Waals surface area (Å²) >= 11 is 0. The van der Waals surface area contributed by atoms with Crippen molar-refractivity contribution >= 4 is 7.82 Å². The molecule has 0 fully saturated rings. The monoisotopic (exact) mass is 272 g/mol. The normalized spacial score (nSPS) is 19.7. The largest absolute Gasteiger partial charge is 0.483 e. The van der Waals surface area contributed by atoms with Crippen LogP contribution >= 0.6 is 7.82 Å². The Morgan fingerprint density at radius 2 is 1.06 bits per heavy atom. The molecule has 4 nitrogen and oxygen atoms in total. The Morgan fingerprint density at radius 3 is 1.24 bits per heavy atom. The van der Waals surface area contributed by atoms with Gasteiger partial charge < -0.3 is 0 Å². The van der Waals surface area contributed by atoms with Gasteiger partial charge in [-0.1, -0.05) is 19.7 Å². The van der Waals surface area contributed by atoms with Crippen molar-refractivity contribution < 1.29 is 31.3 Å². The van der Waals surface area contributed by atoms with E-state index in [9.17, 15) is 17.7 Å². The van der Waals surface area contributed by atoms with Gasteiger partial charge in [0.1, 0.15) is 0 Å². The van der Waals surface area contributed by atoms with Gasteiger partial charge in [0.05, 0.1) is 0 Å². The summed E-state index contributed by atoms with van der Waals surface area (Å²) in [6, 6.07) is 0. The maximum absolute atomic E-state index is 12.8. The van der Waals surface area contributed by atoms with E-state index in [1.165, 1.54) is 0 Å². The first-order chi connectivity index (χ1) is 7.86. The molecule has 3 atom stereocenters. The molecule has 0 aliphatic rings. The second kappa shape index (κ2) is 7.45. The highest BCUT2D eigenvalue weighted by Crippen LogP contribution is 2.53. The Bertz CT molecular complexity index is 276. The van der Waals surface area contributed by atoms with E-state index in [0.29, 0.717) is 18.2 Å². The van der Waals surface area contributed by atoms with E-state index in [2.05, 4.69) is 33.3 Å². The summed E-state index contributed by atoms with van der Waals surface area (Å²) in [7, 11) is -4.78. The quantitative estimate of drug-likeness (QED) is 0.475. The molecule has 0 saturated carbocycles. The van der Waals surface area contributed by atoms with Crippen LogP contribution < -0.4 is 0 Å². The first kappa shape index (κ1) is 16.1. The molecule has 8 heteroatoms. The molecule has 0 amide bonds. The van der Waals surface area contributed by atoms with E-state index in [1.807, 2.05) is 0 Å². The number of phosphoric acid groups is 1. The standard InChI is InChI=1S/C9H12F3O4P/c1-4-7(10)14-17(13,15-8(11)5-2)16-9(12)6-3/h4-9H,1-3H2. The number of rotatable bonds is 9. The molecule has 0 heterocycles. The van der Waals surface area contributed by atoms with E-state index < -0.39 is 26.9 Å². The molecule has 0 aromatic heterocycles. The molecule has 0 N–H and O–H groups in total. The zero-order chi connectivity index (χ0) is 13.5. The van der Waals surface area contributed by atoms with Crippen molar-refractivity contribution in [1.29, 1.82) is 0 Å². The summed E-state index contributed by atoms with van der Waals surface area (Å²) in [6.07, 6.45) is -5.01. The molecule has 0 bridgehead atoms. The summed E-state index contributed by atoms with van der Waals surface area (Å²) in [5, 5.41) is 0. The van der Waals surface area contributed by atoms with E-state index in [1.54, 1.807) is 0 Å². The predicted octanol–water partition coefficient (Wildman–Crippen LogP) is 3.59. The Labute approximate surface area is 97.0 Å². The number of alkyl halides is 3. The fraction of sp³-hybridized carbons (Fsp3) is 0.333. The summed E-state index contributed by atoms with van der Waals surface area (Å²) < 4.78 is 62.1. The number of hydrogen-bond donors (Lipinski definition) is 0. The number of halogens is 3. The van der Waals surface area contributed by atoms with Crippen LogP contribution in [0.5, 0.6) is 0 Å². The van der Waals surface area contributed by atoms with Crippen molar-refractivity contribution in [2.45, 2.75) is 19.1 Å². The molecule has 98 valence electrons. The minimum atomic E-state index is -4.78. The van der Waals surface area contributed by atoms with E-state index in [-0.39, 0.29) is 0 Å². The van der Waals surface area contributed by atoms with Crippen LogP contribution in [0.4, 0.5) is 13.2 Å². The Balaban J connectivity index is 4.78. The topological polar surface area (TPSA) is 44.8 Å². The maximum atomic E-state index is 12.8. The van der Waals surface area contributed by atoms with Crippen molar-refractivity contribution in [2.75, 3.05) is 0 Å². The molecule has 0 aliphatic heterocycles. The molecule has 0 aromatic carbocycles. The van der Waals surface area contributed by atoms with Crippen molar-refractivity contribution in [1.82, 2.24) is 0 Å². The fourth-order valence-electron chi connectivity index (χ4n) is 0.574. The molecule has 0 radical (unpaired) electrons. The summed E-state index contributed by atoms with van der Waals surface area (Å²) in [5.41, 5.74) is 0. The third kappa shape index (κ3) is 6.43. The van der Waals surface area contributed by atoms with Crippen LogP contribution in [0.3, 0.4) is 0 Å². The number of hydrogen-bond acceptors (Lipinski definition) is 4. The molecule has 0 saturated heterocycles. The molecule has 17 heavy (non-hydrogen) atoms. The van der Waals surface area contributed by atoms with E-state index in [4.69, 9.17) is 0 Å². The molecule has 0 spiro atoms. The lowest BCUT2D eigenvalue weighted by Gasteiger charge is -2.20. The summed E-state index contributed by atoms with van der Waals surface area (Å²) in [6.45, 7) is 8.95. The van der Waals surface area contributed by atoms with Crippen LogP contribution in [-0.2, 0) is 18.1 Å². The first-order valence-corrected chi connectivity index (χ1v) is 5.78. The third-order valence-electron chi connectivity index (χ3n) is 1.25. The molecule has 0 rings (SSSR count). The average Bonchev–Trinajstić information content (AvgIpc) is 2.27. The van der Waals surface area contributed by atoms with Crippen molar-refractivity contribution in [3.63, 3.8) is 0 Å². The van der Waals surface area contributed by atoms with E-state index in [0.717, 1.165) is 0 Å².